The Kier molecular flexibility index (Phi) is 11.8. The molecule has 0 aromatic carbocycles. The molecule has 0 aliphatic carbocycles. The maximum absolute atomic E-state index is 9.03. The first-order chi connectivity index (χ1) is 8.28. The zero-order chi connectivity index (χ0) is 12.9. The van der Waals surface area contributed by atoms with Crippen molar-refractivity contribution in [2.24, 2.45) is 5.92 Å². The van der Waals surface area contributed by atoms with Crippen molar-refractivity contribution in [1.82, 2.24) is 0 Å². The van der Waals surface area contributed by atoms with Crippen LogP contribution in [0.4, 0.5) is 0 Å². The molecule has 0 aliphatic rings. The Labute approximate surface area is 105 Å². The van der Waals surface area contributed by atoms with Gasteiger partial charge in [0, 0.05) is 19.8 Å². The normalized spacial score (nSPS) is 12.4. The molecular formula is C14H28O3. The standard InChI is InChI=1S/C14H28O3/c1-2-3-4-5-13(6-9-15)12-14(7-10-16)8-11-17/h12,14-17H,2-11H2,1H3/b13-12+. The fraction of sp³-hybridized carbons (Fsp3) is 0.857. The molecule has 0 spiro atoms. The number of aliphatic hydroxyl groups is 3. The second kappa shape index (κ2) is 12.1. The molecule has 102 valence electrons. The van der Waals surface area contributed by atoms with Crippen LogP contribution in [0.2, 0.25) is 0 Å². The van der Waals surface area contributed by atoms with Gasteiger partial charge in [0.2, 0.25) is 0 Å². The van der Waals surface area contributed by atoms with Gasteiger partial charge in [-0.25, -0.2) is 0 Å². The van der Waals surface area contributed by atoms with Crippen LogP contribution in [0.3, 0.4) is 0 Å². The summed E-state index contributed by atoms with van der Waals surface area (Å²) in [7, 11) is 0. The summed E-state index contributed by atoms with van der Waals surface area (Å²) in [6, 6.07) is 0. The van der Waals surface area contributed by atoms with Crippen molar-refractivity contribution >= 4 is 0 Å². The number of hydrogen-bond acceptors (Lipinski definition) is 3. The maximum atomic E-state index is 9.03. The monoisotopic (exact) mass is 244 g/mol. The highest BCUT2D eigenvalue weighted by molar-refractivity contribution is 5.04. The molecule has 0 aromatic heterocycles. The molecule has 0 aromatic rings. The van der Waals surface area contributed by atoms with E-state index >= 15 is 0 Å². The van der Waals surface area contributed by atoms with E-state index in [1.165, 1.54) is 18.4 Å². The van der Waals surface area contributed by atoms with E-state index in [4.69, 9.17) is 15.3 Å². The van der Waals surface area contributed by atoms with Gasteiger partial charge in [-0.3, -0.25) is 0 Å². The summed E-state index contributed by atoms with van der Waals surface area (Å²) >= 11 is 0. The van der Waals surface area contributed by atoms with Crippen LogP contribution in [0.1, 0.15) is 51.9 Å². The average molecular weight is 244 g/mol. The summed E-state index contributed by atoms with van der Waals surface area (Å²) in [5, 5.41) is 26.9. The van der Waals surface area contributed by atoms with Crippen LogP contribution in [-0.4, -0.2) is 35.1 Å². The number of allylic oxidation sites excluding steroid dienone is 1. The van der Waals surface area contributed by atoms with Crippen LogP contribution in [-0.2, 0) is 0 Å². The topological polar surface area (TPSA) is 60.7 Å². The first-order valence-electron chi connectivity index (χ1n) is 6.80. The van der Waals surface area contributed by atoms with Crippen LogP contribution < -0.4 is 0 Å². The molecule has 0 amide bonds. The Morgan fingerprint density at radius 2 is 1.59 bits per heavy atom. The molecule has 3 N–H and O–H groups in total. The predicted molar refractivity (Wildman–Crippen MR) is 70.8 cm³/mol. The van der Waals surface area contributed by atoms with Gasteiger partial charge in [-0.1, -0.05) is 31.4 Å². The molecule has 0 rings (SSSR count). The van der Waals surface area contributed by atoms with E-state index in [2.05, 4.69) is 13.0 Å². The van der Waals surface area contributed by atoms with E-state index in [9.17, 15) is 0 Å². The number of unbranched alkanes of at least 4 members (excludes halogenated alkanes) is 2. The largest absolute Gasteiger partial charge is 0.396 e. The van der Waals surface area contributed by atoms with Crippen LogP contribution in [0, 0.1) is 5.92 Å². The quantitative estimate of drug-likeness (QED) is 0.386. The third kappa shape index (κ3) is 9.33. The second-order valence-corrected chi connectivity index (χ2v) is 4.54. The summed E-state index contributed by atoms with van der Waals surface area (Å²) in [4.78, 5) is 0. The van der Waals surface area contributed by atoms with Crippen molar-refractivity contribution in [3.05, 3.63) is 11.6 Å². The Balaban J connectivity index is 4.27. The average Bonchev–Trinajstić information content (AvgIpc) is 2.30. The SMILES string of the molecule is CCCCC/C(=C\C(CCO)CCO)CCO. The van der Waals surface area contributed by atoms with Gasteiger partial charge in [-0.2, -0.15) is 0 Å². The first-order valence-corrected chi connectivity index (χ1v) is 6.80. The van der Waals surface area contributed by atoms with Crippen LogP contribution in [0.25, 0.3) is 0 Å². The van der Waals surface area contributed by atoms with Crippen LogP contribution in [0.15, 0.2) is 11.6 Å². The predicted octanol–water partition coefficient (Wildman–Crippen LogP) is 2.26. The number of aliphatic hydroxyl groups excluding tert-OH is 3. The highest BCUT2D eigenvalue weighted by Crippen LogP contribution is 2.19. The second-order valence-electron chi connectivity index (χ2n) is 4.54. The van der Waals surface area contributed by atoms with E-state index in [0.29, 0.717) is 12.8 Å². The van der Waals surface area contributed by atoms with Crippen molar-refractivity contribution in [2.45, 2.75) is 51.9 Å². The lowest BCUT2D eigenvalue weighted by molar-refractivity contribution is 0.233. The van der Waals surface area contributed by atoms with Crippen molar-refractivity contribution in [3.8, 4) is 0 Å². The summed E-state index contributed by atoms with van der Waals surface area (Å²) in [5.74, 6) is 0.244. The van der Waals surface area contributed by atoms with Gasteiger partial charge in [0.15, 0.2) is 0 Å². The van der Waals surface area contributed by atoms with Gasteiger partial charge >= 0.3 is 0 Å². The van der Waals surface area contributed by atoms with E-state index < -0.39 is 0 Å². The summed E-state index contributed by atoms with van der Waals surface area (Å²) < 4.78 is 0. The van der Waals surface area contributed by atoms with Crippen LogP contribution in [0.5, 0.6) is 0 Å². The van der Waals surface area contributed by atoms with Crippen molar-refractivity contribution < 1.29 is 15.3 Å². The zero-order valence-electron chi connectivity index (χ0n) is 11.1. The number of hydrogen-bond donors (Lipinski definition) is 3. The molecule has 0 radical (unpaired) electrons. The fourth-order valence-electron chi connectivity index (χ4n) is 2.01. The third-order valence-electron chi connectivity index (χ3n) is 3.01. The Morgan fingerprint density at radius 3 is 2.06 bits per heavy atom. The van der Waals surface area contributed by atoms with Gasteiger partial charge in [0.1, 0.15) is 0 Å². The molecule has 3 nitrogen and oxygen atoms in total. The van der Waals surface area contributed by atoms with Crippen molar-refractivity contribution in [3.63, 3.8) is 0 Å². The lowest BCUT2D eigenvalue weighted by atomic mass is 9.95. The minimum atomic E-state index is 0.155. The molecule has 0 bridgehead atoms. The first kappa shape index (κ1) is 16.6. The van der Waals surface area contributed by atoms with E-state index in [-0.39, 0.29) is 25.7 Å². The Hall–Kier alpha value is -0.380. The maximum Gasteiger partial charge on any atom is 0.0468 e. The lowest BCUT2D eigenvalue weighted by Gasteiger charge is -2.13. The van der Waals surface area contributed by atoms with Gasteiger partial charge in [-0.15, -0.1) is 0 Å². The smallest absolute Gasteiger partial charge is 0.0468 e. The van der Waals surface area contributed by atoms with Gasteiger partial charge in [-0.05, 0) is 38.0 Å². The van der Waals surface area contributed by atoms with E-state index in [0.717, 1.165) is 19.3 Å². The minimum absolute atomic E-state index is 0.155. The minimum Gasteiger partial charge on any atom is -0.396 e. The third-order valence-corrected chi connectivity index (χ3v) is 3.01. The van der Waals surface area contributed by atoms with Gasteiger partial charge in [0.05, 0.1) is 0 Å². The fourth-order valence-corrected chi connectivity index (χ4v) is 2.01. The van der Waals surface area contributed by atoms with Gasteiger partial charge < -0.3 is 15.3 Å². The molecule has 3 heteroatoms. The molecule has 0 atom stereocenters. The van der Waals surface area contributed by atoms with E-state index in [1.54, 1.807) is 0 Å². The molecule has 0 aliphatic heterocycles. The molecule has 0 saturated heterocycles. The molecular weight excluding hydrogens is 216 g/mol. The van der Waals surface area contributed by atoms with Crippen molar-refractivity contribution in [2.75, 3.05) is 19.8 Å². The highest BCUT2D eigenvalue weighted by atomic mass is 16.3. The van der Waals surface area contributed by atoms with E-state index in [1.807, 2.05) is 0 Å². The van der Waals surface area contributed by atoms with Crippen molar-refractivity contribution in [1.29, 1.82) is 0 Å². The Bertz CT molecular complexity index is 184. The van der Waals surface area contributed by atoms with Gasteiger partial charge in [0.25, 0.3) is 0 Å². The molecule has 0 heterocycles. The highest BCUT2D eigenvalue weighted by Gasteiger charge is 2.06. The molecule has 17 heavy (non-hydrogen) atoms. The number of rotatable bonds is 11. The molecule has 0 saturated carbocycles. The van der Waals surface area contributed by atoms with Crippen LogP contribution >= 0.6 is 0 Å². The lowest BCUT2D eigenvalue weighted by Crippen LogP contribution is -2.04. The molecule has 0 unspecified atom stereocenters. The Morgan fingerprint density at radius 1 is 0.941 bits per heavy atom. The zero-order valence-corrected chi connectivity index (χ0v) is 11.1. The summed E-state index contributed by atoms with van der Waals surface area (Å²) in [6.45, 7) is 2.67. The molecule has 0 fully saturated rings. The summed E-state index contributed by atoms with van der Waals surface area (Å²) in [6.07, 6.45) is 8.87. The summed E-state index contributed by atoms with van der Waals surface area (Å²) in [5.41, 5.74) is 1.27.